The molecule has 2 amide bonds. The molecule has 0 saturated heterocycles. The molecule has 0 fully saturated rings. The van der Waals surface area contributed by atoms with E-state index in [1.54, 1.807) is 24.3 Å². The predicted molar refractivity (Wildman–Crippen MR) is 90.9 cm³/mol. The number of likely N-dealkylation sites (N-methyl/N-ethyl adjacent to an activating group) is 1. The first kappa shape index (κ1) is 18.2. The molecule has 1 rings (SSSR count). The summed E-state index contributed by atoms with van der Waals surface area (Å²) >= 11 is 0. The number of rotatable bonds is 8. The SMILES string of the molecule is CCN(CCC(C)C)CC(=O)Nc1ccc(NC(C)=O)cc1. The number of nitrogens with zero attached hydrogens (tertiary/aromatic N) is 1. The molecule has 2 N–H and O–H groups in total. The lowest BCUT2D eigenvalue weighted by molar-refractivity contribution is -0.117. The van der Waals surface area contributed by atoms with Crippen LogP contribution in [0.3, 0.4) is 0 Å². The smallest absolute Gasteiger partial charge is 0.238 e. The van der Waals surface area contributed by atoms with Gasteiger partial charge in [-0.2, -0.15) is 0 Å². The second-order valence-corrected chi connectivity index (χ2v) is 5.86. The van der Waals surface area contributed by atoms with E-state index in [1.165, 1.54) is 6.92 Å². The highest BCUT2D eigenvalue weighted by Gasteiger charge is 2.10. The molecule has 22 heavy (non-hydrogen) atoms. The van der Waals surface area contributed by atoms with Crippen LogP contribution in [0.4, 0.5) is 11.4 Å². The lowest BCUT2D eigenvalue weighted by Gasteiger charge is -2.20. The van der Waals surface area contributed by atoms with Crippen LogP contribution in [0, 0.1) is 5.92 Å². The minimum Gasteiger partial charge on any atom is -0.326 e. The number of hydrogen-bond donors (Lipinski definition) is 2. The van der Waals surface area contributed by atoms with Crippen molar-refractivity contribution in [3.05, 3.63) is 24.3 Å². The van der Waals surface area contributed by atoms with Gasteiger partial charge in [0, 0.05) is 18.3 Å². The van der Waals surface area contributed by atoms with Crippen molar-refractivity contribution in [2.24, 2.45) is 5.92 Å². The summed E-state index contributed by atoms with van der Waals surface area (Å²) in [4.78, 5) is 25.2. The maximum atomic E-state index is 12.1. The van der Waals surface area contributed by atoms with Gasteiger partial charge in [-0.15, -0.1) is 0 Å². The number of amides is 2. The number of nitrogens with one attached hydrogen (secondary N) is 2. The molecule has 5 nitrogen and oxygen atoms in total. The Balaban J connectivity index is 2.48. The number of carbonyl (C=O) groups is 2. The molecule has 0 saturated carbocycles. The van der Waals surface area contributed by atoms with E-state index < -0.39 is 0 Å². The van der Waals surface area contributed by atoms with Gasteiger partial charge in [-0.25, -0.2) is 0 Å². The number of hydrogen-bond acceptors (Lipinski definition) is 3. The summed E-state index contributed by atoms with van der Waals surface area (Å²) in [6.45, 7) is 10.1. The van der Waals surface area contributed by atoms with E-state index in [2.05, 4.69) is 36.3 Å². The van der Waals surface area contributed by atoms with Gasteiger partial charge in [-0.05, 0) is 49.7 Å². The molecule has 0 aromatic heterocycles. The lowest BCUT2D eigenvalue weighted by Crippen LogP contribution is -2.34. The second kappa shape index (κ2) is 9.20. The van der Waals surface area contributed by atoms with Gasteiger partial charge in [0.05, 0.1) is 6.54 Å². The third-order valence-corrected chi connectivity index (χ3v) is 3.33. The average Bonchev–Trinajstić information content (AvgIpc) is 2.44. The summed E-state index contributed by atoms with van der Waals surface area (Å²) < 4.78 is 0. The van der Waals surface area contributed by atoms with E-state index in [0.29, 0.717) is 12.5 Å². The van der Waals surface area contributed by atoms with Crippen LogP contribution >= 0.6 is 0 Å². The zero-order valence-corrected chi connectivity index (χ0v) is 14.0. The van der Waals surface area contributed by atoms with Gasteiger partial charge < -0.3 is 10.6 Å². The highest BCUT2D eigenvalue weighted by atomic mass is 16.2. The first-order valence-corrected chi connectivity index (χ1v) is 7.80. The monoisotopic (exact) mass is 305 g/mol. The van der Waals surface area contributed by atoms with Crippen LogP contribution in [0.25, 0.3) is 0 Å². The Morgan fingerprint density at radius 1 is 1.09 bits per heavy atom. The molecule has 0 atom stereocenters. The minimum absolute atomic E-state index is 0.0158. The fourth-order valence-corrected chi connectivity index (χ4v) is 2.03. The van der Waals surface area contributed by atoms with E-state index in [0.717, 1.165) is 30.9 Å². The second-order valence-electron chi connectivity index (χ2n) is 5.86. The number of carbonyl (C=O) groups excluding carboxylic acids is 2. The van der Waals surface area contributed by atoms with Crippen molar-refractivity contribution < 1.29 is 9.59 Å². The van der Waals surface area contributed by atoms with Crippen LogP contribution in [0.15, 0.2) is 24.3 Å². The average molecular weight is 305 g/mol. The van der Waals surface area contributed by atoms with Crippen molar-refractivity contribution in [1.82, 2.24) is 4.90 Å². The molecule has 0 aliphatic heterocycles. The Morgan fingerprint density at radius 3 is 2.09 bits per heavy atom. The Hall–Kier alpha value is -1.88. The molecule has 0 aliphatic carbocycles. The summed E-state index contributed by atoms with van der Waals surface area (Å²) in [5, 5.41) is 5.58. The van der Waals surface area contributed by atoms with E-state index in [9.17, 15) is 9.59 Å². The third-order valence-electron chi connectivity index (χ3n) is 3.33. The Morgan fingerprint density at radius 2 is 1.64 bits per heavy atom. The fraction of sp³-hybridized carbons (Fsp3) is 0.529. The predicted octanol–water partition coefficient (Wildman–Crippen LogP) is 2.95. The highest BCUT2D eigenvalue weighted by molar-refractivity contribution is 5.93. The van der Waals surface area contributed by atoms with Crippen molar-refractivity contribution in [2.75, 3.05) is 30.3 Å². The van der Waals surface area contributed by atoms with Gasteiger partial charge in [0.15, 0.2) is 0 Å². The molecule has 1 aromatic carbocycles. The van der Waals surface area contributed by atoms with Crippen LogP contribution in [-0.4, -0.2) is 36.3 Å². The van der Waals surface area contributed by atoms with Crippen LogP contribution in [0.1, 0.15) is 34.1 Å². The van der Waals surface area contributed by atoms with Crippen molar-refractivity contribution in [1.29, 1.82) is 0 Å². The van der Waals surface area contributed by atoms with Gasteiger partial charge in [-0.3, -0.25) is 14.5 Å². The quantitative estimate of drug-likeness (QED) is 0.776. The Labute approximate surface area is 133 Å². The molecule has 0 heterocycles. The largest absolute Gasteiger partial charge is 0.326 e. The molecule has 1 aromatic rings. The molecule has 0 radical (unpaired) electrons. The first-order valence-electron chi connectivity index (χ1n) is 7.80. The van der Waals surface area contributed by atoms with E-state index >= 15 is 0 Å². The molecule has 5 heteroatoms. The van der Waals surface area contributed by atoms with Crippen LogP contribution in [0.2, 0.25) is 0 Å². The van der Waals surface area contributed by atoms with Gasteiger partial charge in [0.1, 0.15) is 0 Å². The fourth-order valence-electron chi connectivity index (χ4n) is 2.03. The summed E-state index contributed by atoms with van der Waals surface area (Å²) in [6, 6.07) is 7.11. The lowest BCUT2D eigenvalue weighted by atomic mass is 10.1. The van der Waals surface area contributed by atoms with Gasteiger partial charge in [0.25, 0.3) is 0 Å². The summed E-state index contributed by atoms with van der Waals surface area (Å²) in [7, 11) is 0. The maximum Gasteiger partial charge on any atom is 0.238 e. The van der Waals surface area contributed by atoms with Crippen molar-refractivity contribution in [3.63, 3.8) is 0 Å². The molecule has 122 valence electrons. The first-order chi connectivity index (χ1) is 10.4. The summed E-state index contributed by atoms with van der Waals surface area (Å²) in [5.41, 5.74) is 1.46. The molecule has 0 bridgehead atoms. The van der Waals surface area contributed by atoms with E-state index in [-0.39, 0.29) is 11.8 Å². The minimum atomic E-state index is -0.111. The van der Waals surface area contributed by atoms with E-state index in [1.807, 2.05) is 0 Å². The Kier molecular flexibility index (Phi) is 7.60. The van der Waals surface area contributed by atoms with Gasteiger partial charge in [0.2, 0.25) is 11.8 Å². The molecule has 0 unspecified atom stereocenters. The number of benzene rings is 1. The Bertz CT molecular complexity index is 483. The van der Waals surface area contributed by atoms with Gasteiger partial charge >= 0.3 is 0 Å². The van der Waals surface area contributed by atoms with E-state index in [4.69, 9.17) is 0 Å². The normalized spacial score (nSPS) is 10.8. The molecular weight excluding hydrogens is 278 g/mol. The maximum absolute atomic E-state index is 12.1. The zero-order valence-electron chi connectivity index (χ0n) is 14.0. The van der Waals surface area contributed by atoms with Crippen LogP contribution in [-0.2, 0) is 9.59 Å². The van der Waals surface area contributed by atoms with Crippen molar-refractivity contribution in [2.45, 2.75) is 34.1 Å². The third kappa shape index (κ3) is 7.22. The molecule has 0 spiro atoms. The highest BCUT2D eigenvalue weighted by Crippen LogP contribution is 2.13. The zero-order chi connectivity index (χ0) is 16.5. The van der Waals surface area contributed by atoms with Crippen LogP contribution in [0.5, 0.6) is 0 Å². The summed E-state index contributed by atoms with van der Waals surface area (Å²) in [5.74, 6) is 0.511. The molecule has 0 aliphatic rings. The van der Waals surface area contributed by atoms with Gasteiger partial charge in [-0.1, -0.05) is 20.8 Å². The molecular formula is C17H27N3O2. The topological polar surface area (TPSA) is 61.4 Å². The summed E-state index contributed by atoms with van der Waals surface area (Å²) in [6.07, 6.45) is 1.09. The van der Waals surface area contributed by atoms with Crippen molar-refractivity contribution >= 4 is 23.2 Å². The van der Waals surface area contributed by atoms with Crippen LogP contribution < -0.4 is 10.6 Å². The number of anilines is 2. The standard InChI is InChI=1S/C17H27N3O2/c1-5-20(11-10-13(2)3)12-17(22)19-16-8-6-15(7-9-16)18-14(4)21/h6-9,13H,5,10-12H2,1-4H3,(H,18,21)(H,19,22). The van der Waals surface area contributed by atoms with Crippen molar-refractivity contribution in [3.8, 4) is 0 Å².